The van der Waals surface area contributed by atoms with E-state index < -0.39 is 0 Å². The highest BCUT2D eigenvalue weighted by molar-refractivity contribution is 5.78. The summed E-state index contributed by atoms with van der Waals surface area (Å²) in [6.45, 7) is 10.9. The molecule has 2 heteroatoms. The van der Waals surface area contributed by atoms with Crippen molar-refractivity contribution in [1.82, 2.24) is 5.32 Å². The fraction of sp³-hybridized carbons (Fsp3) is 0.562. The Kier molecular flexibility index (Phi) is 8.99. The smallest absolute Gasteiger partial charge is 0.223 e. The van der Waals surface area contributed by atoms with Crippen LogP contribution in [0, 0.1) is 5.92 Å². The Hall–Kier alpha value is -1.31. The summed E-state index contributed by atoms with van der Waals surface area (Å²) in [5.74, 6) is 0.236. The van der Waals surface area contributed by atoms with Gasteiger partial charge in [0.25, 0.3) is 0 Å². The molecule has 0 saturated carbocycles. The molecule has 0 radical (unpaired) electrons. The van der Waals surface area contributed by atoms with Crippen molar-refractivity contribution in [2.75, 3.05) is 6.54 Å². The number of hydrogen-bond donors (Lipinski definition) is 1. The van der Waals surface area contributed by atoms with E-state index in [1.165, 1.54) is 5.57 Å². The van der Waals surface area contributed by atoms with Gasteiger partial charge in [0.05, 0.1) is 0 Å². The summed E-state index contributed by atoms with van der Waals surface area (Å²) < 4.78 is 0. The lowest BCUT2D eigenvalue weighted by Crippen LogP contribution is -2.30. The van der Waals surface area contributed by atoms with Crippen molar-refractivity contribution >= 4 is 5.91 Å². The molecule has 18 heavy (non-hydrogen) atoms. The fourth-order valence-electron chi connectivity index (χ4n) is 1.20. The molecule has 0 rings (SSSR count). The van der Waals surface area contributed by atoms with Gasteiger partial charge in [-0.2, -0.15) is 0 Å². The standard InChI is InChI=1S/C16H27NO/c1-6-13(3)10-8-9-11-14(4)12-17-16(18)15(5)7-2/h8-11,15H,6-7,12H2,1-5H3,(H,17,18). The van der Waals surface area contributed by atoms with Crippen molar-refractivity contribution in [1.29, 1.82) is 0 Å². The van der Waals surface area contributed by atoms with E-state index in [0.717, 1.165) is 18.4 Å². The van der Waals surface area contributed by atoms with Crippen LogP contribution in [0.15, 0.2) is 35.5 Å². The minimum atomic E-state index is 0.100. The van der Waals surface area contributed by atoms with Crippen LogP contribution in [0.25, 0.3) is 0 Å². The highest BCUT2D eigenvalue weighted by atomic mass is 16.1. The molecule has 1 unspecified atom stereocenters. The zero-order valence-corrected chi connectivity index (χ0v) is 12.4. The predicted octanol–water partition coefficient (Wildman–Crippen LogP) is 4.01. The van der Waals surface area contributed by atoms with Crippen LogP contribution >= 0.6 is 0 Å². The third kappa shape index (κ3) is 7.88. The van der Waals surface area contributed by atoms with E-state index in [9.17, 15) is 4.79 Å². The van der Waals surface area contributed by atoms with Crippen molar-refractivity contribution in [2.24, 2.45) is 5.92 Å². The second kappa shape index (κ2) is 9.69. The molecule has 0 aliphatic rings. The van der Waals surface area contributed by atoms with Gasteiger partial charge in [0, 0.05) is 12.5 Å². The maximum Gasteiger partial charge on any atom is 0.223 e. The van der Waals surface area contributed by atoms with E-state index in [0.29, 0.717) is 6.54 Å². The van der Waals surface area contributed by atoms with Gasteiger partial charge in [-0.3, -0.25) is 4.79 Å². The minimum Gasteiger partial charge on any atom is -0.352 e. The summed E-state index contributed by atoms with van der Waals surface area (Å²) in [6.07, 6.45) is 10.2. The number of allylic oxidation sites excluding steroid dienone is 5. The Morgan fingerprint density at radius 3 is 2.17 bits per heavy atom. The first-order chi connectivity index (χ1) is 8.51. The van der Waals surface area contributed by atoms with Gasteiger partial charge in [-0.15, -0.1) is 0 Å². The molecule has 1 amide bonds. The van der Waals surface area contributed by atoms with Crippen LogP contribution in [0.1, 0.15) is 47.5 Å². The number of rotatable bonds is 7. The Balaban J connectivity index is 4.10. The first-order valence-corrected chi connectivity index (χ1v) is 6.78. The third-order valence-electron chi connectivity index (χ3n) is 3.03. The second-order valence-corrected chi connectivity index (χ2v) is 4.79. The van der Waals surface area contributed by atoms with Crippen LogP contribution in [0.5, 0.6) is 0 Å². The lowest BCUT2D eigenvalue weighted by molar-refractivity contribution is -0.124. The van der Waals surface area contributed by atoms with Crippen molar-refractivity contribution in [2.45, 2.75) is 47.5 Å². The van der Waals surface area contributed by atoms with Crippen LogP contribution in [0.2, 0.25) is 0 Å². The zero-order chi connectivity index (χ0) is 14.0. The normalized spacial score (nSPS) is 14.9. The summed E-state index contributed by atoms with van der Waals surface area (Å²) in [4.78, 5) is 11.6. The zero-order valence-electron chi connectivity index (χ0n) is 12.4. The van der Waals surface area contributed by atoms with Gasteiger partial charge in [0.2, 0.25) is 5.91 Å². The molecule has 1 atom stereocenters. The lowest BCUT2D eigenvalue weighted by atomic mass is 10.1. The summed E-state index contributed by atoms with van der Waals surface area (Å²) in [7, 11) is 0. The lowest BCUT2D eigenvalue weighted by Gasteiger charge is -2.09. The van der Waals surface area contributed by atoms with Gasteiger partial charge in [0.15, 0.2) is 0 Å². The van der Waals surface area contributed by atoms with Gasteiger partial charge < -0.3 is 5.32 Å². The second-order valence-electron chi connectivity index (χ2n) is 4.79. The topological polar surface area (TPSA) is 29.1 Å². The monoisotopic (exact) mass is 249 g/mol. The van der Waals surface area contributed by atoms with Gasteiger partial charge in [-0.1, -0.05) is 56.2 Å². The maximum atomic E-state index is 11.6. The molecule has 0 fully saturated rings. The van der Waals surface area contributed by atoms with E-state index in [-0.39, 0.29) is 11.8 Å². The molecule has 0 aliphatic carbocycles. The highest BCUT2D eigenvalue weighted by Gasteiger charge is 2.08. The first-order valence-electron chi connectivity index (χ1n) is 6.78. The molecule has 0 bridgehead atoms. The minimum absolute atomic E-state index is 0.100. The molecule has 0 aromatic rings. The van der Waals surface area contributed by atoms with Crippen LogP contribution in [0.3, 0.4) is 0 Å². The molecule has 1 N–H and O–H groups in total. The summed E-state index contributed by atoms with van der Waals surface area (Å²) in [5.41, 5.74) is 2.52. The average Bonchev–Trinajstić information content (AvgIpc) is 2.39. The highest BCUT2D eigenvalue weighted by Crippen LogP contribution is 2.01. The Morgan fingerprint density at radius 1 is 1.11 bits per heavy atom. The van der Waals surface area contributed by atoms with Gasteiger partial charge in [0.1, 0.15) is 0 Å². The van der Waals surface area contributed by atoms with Crippen LogP contribution in [0.4, 0.5) is 0 Å². The number of nitrogens with one attached hydrogen (secondary N) is 1. The maximum absolute atomic E-state index is 11.6. The molecule has 0 heterocycles. The quantitative estimate of drug-likeness (QED) is 0.679. The molecular weight excluding hydrogens is 222 g/mol. The number of amides is 1. The van der Waals surface area contributed by atoms with E-state index in [1.54, 1.807) is 0 Å². The van der Waals surface area contributed by atoms with E-state index in [1.807, 2.05) is 39.0 Å². The summed E-state index contributed by atoms with van der Waals surface area (Å²) in [6, 6.07) is 0. The first kappa shape index (κ1) is 16.7. The Labute approximate surface area is 112 Å². The van der Waals surface area contributed by atoms with Crippen molar-refractivity contribution < 1.29 is 4.79 Å². The van der Waals surface area contributed by atoms with Crippen LogP contribution < -0.4 is 5.32 Å². The summed E-state index contributed by atoms with van der Waals surface area (Å²) in [5, 5.41) is 2.94. The van der Waals surface area contributed by atoms with E-state index in [2.05, 4.69) is 25.2 Å². The van der Waals surface area contributed by atoms with Crippen LogP contribution in [-0.4, -0.2) is 12.5 Å². The molecule has 2 nitrogen and oxygen atoms in total. The average molecular weight is 249 g/mol. The number of carbonyl (C=O) groups excluding carboxylic acids is 1. The Morgan fingerprint density at radius 2 is 1.67 bits per heavy atom. The number of hydrogen-bond acceptors (Lipinski definition) is 1. The SMILES string of the molecule is CCC(C)=CC=CC=C(C)CNC(=O)C(C)CC. The van der Waals surface area contributed by atoms with Gasteiger partial charge >= 0.3 is 0 Å². The van der Waals surface area contributed by atoms with Crippen molar-refractivity contribution in [3.63, 3.8) is 0 Å². The molecule has 0 saturated heterocycles. The predicted molar refractivity (Wildman–Crippen MR) is 79.4 cm³/mol. The largest absolute Gasteiger partial charge is 0.352 e. The van der Waals surface area contributed by atoms with Crippen LogP contribution in [-0.2, 0) is 4.79 Å². The van der Waals surface area contributed by atoms with Crippen molar-refractivity contribution in [3.8, 4) is 0 Å². The molecule has 0 aromatic carbocycles. The van der Waals surface area contributed by atoms with Gasteiger partial charge in [-0.25, -0.2) is 0 Å². The molecular formula is C16H27NO. The Bertz CT molecular complexity index is 337. The van der Waals surface area contributed by atoms with E-state index >= 15 is 0 Å². The summed E-state index contributed by atoms with van der Waals surface area (Å²) >= 11 is 0. The third-order valence-corrected chi connectivity index (χ3v) is 3.03. The molecule has 0 aliphatic heterocycles. The van der Waals surface area contributed by atoms with Gasteiger partial charge in [-0.05, 0) is 26.7 Å². The fourth-order valence-corrected chi connectivity index (χ4v) is 1.20. The van der Waals surface area contributed by atoms with Crippen molar-refractivity contribution in [3.05, 3.63) is 35.5 Å². The molecule has 0 aromatic heterocycles. The molecule has 102 valence electrons. The number of carbonyl (C=O) groups is 1. The van der Waals surface area contributed by atoms with E-state index in [4.69, 9.17) is 0 Å². The molecule has 0 spiro atoms.